The Labute approximate surface area is 117 Å². The summed E-state index contributed by atoms with van der Waals surface area (Å²) >= 11 is 0. The molecule has 0 aliphatic carbocycles. The number of carbonyl (C=O) groups is 1. The molecular formula is C14H29N3O2. The van der Waals surface area contributed by atoms with Crippen molar-refractivity contribution >= 4 is 5.97 Å². The molecule has 1 aliphatic rings. The Hall–Kier alpha value is -0.650. The van der Waals surface area contributed by atoms with Gasteiger partial charge in [0.25, 0.3) is 0 Å². The maximum absolute atomic E-state index is 11.1. The first-order valence-electron chi connectivity index (χ1n) is 7.28. The molecule has 0 spiro atoms. The fourth-order valence-corrected chi connectivity index (χ4v) is 2.51. The highest BCUT2D eigenvalue weighted by Gasteiger charge is 2.26. The van der Waals surface area contributed by atoms with Gasteiger partial charge in [0.2, 0.25) is 0 Å². The van der Waals surface area contributed by atoms with Crippen LogP contribution in [-0.4, -0.2) is 71.7 Å². The molecule has 1 heterocycles. The van der Waals surface area contributed by atoms with E-state index in [1.807, 2.05) is 6.92 Å². The molecule has 1 aliphatic heterocycles. The van der Waals surface area contributed by atoms with Gasteiger partial charge in [-0.2, -0.15) is 0 Å². The number of aliphatic carboxylic acids is 1. The first-order chi connectivity index (χ1) is 8.84. The summed E-state index contributed by atoms with van der Waals surface area (Å²) in [6.45, 7) is 14.5. The van der Waals surface area contributed by atoms with Gasteiger partial charge in [-0.1, -0.05) is 6.92 Å². The lowest BCUT2D eigenvalue weighted by atomic mass is 10.0. The Morgan fingerprint density at radius 1 is 1.26 bits per heavy atom. The average molecular weight is 271 g/mol. The molecule has 0 amide bonds. The maximum atomic E-state index is 11.1. The number of nitrogens with one attached hydrogen (secondary N) is 1. The van der Waals surface area contributed by atoms with Gasteiger partial charge in [0.1, 0.15) is 6.04 Å². The van der Waals surface area contributed by atoms with Crippen molar-refractivity contribution in [3.05, 3.63) is 0 Å². The fraction of sp³-hybridized carbons (Fsp3) is 0.929. The number of carboxylic acid groups (broad SMARTS) is 1. The van der Waals surface area contributed by atoms with E-state index in [9.17, 15) is 4.79 Å². The van der Waals surface area contributed by atoms with Crippen LogP contribution in [0.3, 0.4) is 0 Å². The number of hydrogen-bond acceptors (Lipinski definition) is 4. The molecule has 2 N–H and O–H groups in total. The lowest BCUT2D eigenvalue weighted by Crippen LogP contribution is -2.54. The van der Waals surface area contributed by atoms with E-state index < -0.39 is 12.0 Å². The summed E-state index contributed by atoms with van der Waals surface area (Å²) in [5, 5.41) is 12.1. The summed E-state index contributed by atoms with van der Waals surface area (Å²) in [5.74, 6) is -0.741. The molecule has 0 aromatic carbocycles. The third-order valence-electron chi connectivity index (χ3n) is 3.80. The Morgan fingerprint density at radius 2 is 1.84 bits per heavy atom. The number of hydrogen-bond donors (Lipinski definition) is 2. The summed E-state index contributed by atoms with van der Waals surface area (Å²) in [7, 11) is 0. The minimum Gasteiger partial charge on any atom is -0.480 e. The molecule has 1 fully saturated rings. The third-order valence-corrected chi connectivity index (χ3v) is 3.80. The first-order valence-corrected chi connectivity index (χ1v) is 7.28. The predicted octanol–water partition coefficient (Wildman–Crippen LogP) is 0.855. The summed E-state index contributed by atoms with van der Waals surface area (Å²) in [6.07, 6.45) is 0.679. The van der Waals surface area contributed by atoms with E-state index in [1.54, 1.807) is 0 Å². The van der Waals surface area contributed by atoms with Crippen LogP contribution in [0.4, 0.5) is 0 Å². The summed E-state index contributed by atoms with van der Waals surface area (Å²) in [6, 6.07) is -0.411. The van der Waals surface area contributed by atoms with Crippen molar-refractivity contribution in [3.63, 3.8) is 0 Å². The van der Waals surface area contributed by atoms with Gasteiger partial charge >= 0.3 is 5.97 Å². The molecular weight excluding hydrogens is 242 g/mol. The van der Waals surface area contributed by atoms with Crippen LogP contribution in [-0.2, 0) is 4.79 Å². The Balaban J connectivity index is 2.31. The molecule has 5 nitrogen and oxygen atoms in total. The molecule has 19 heavy (non-hydrogen) atoms. The molecule has 1 unspecified atom stereocenters. The fourth-order valence-electron chi connectivity index (χ4n) is 2.51. The first kappa shape index (κ1) is 16.4. The minimum absolute atomic E-state index is 0.236. The molecule has 0 radical (unpaired) electrons. The third kappa shape index (κ3) is 5.47. The second-order valence-electron chi connectivity index (χ2n) is 6.24. The largest absolute Gasteiger partial charge is 0.480 e. The van der Waals surface area contributed by atoms with E-state index in [0.717, 1.165) is 32.7 Å². The van der Waals surface area contributed by atoms with E-state index in [-0.39, 0.29) is 5.54 Å². The Kier molecular flexibility index (Phi) is 6.23. The molecule has 0 aromatic rings. The molecule has 1 saturated heterocycles. The highest BCUT2D eigenvalue weighted by Crippen LogP contribution is 2.15. The number of nitrogens with zero attached hydrogens (tertiary/aromatic N) is 2. The Morgan fingerprint density at radius 3 is 2.26 bits per heavy atom. The van der Waals surface area contributed by atoms with Crippen molar-refractivity contribution in [3.8, 4) is 0 Å². The zero-order chi connectivity index (χ0) is 14.5. The van der Waals surface area contributed by atoms with Gasteiger partial charge in [0, 0.05) is 38.3 Å². The van der Waals surface area contributed by atoms with Crippen LogP contribution in [0.15, 0.2) is 0 Å². The van der Waals surface area contributed by atoms with Crippen LogP contribution in [0.5, 0.6) is 0 Å². The van der Waals surface area contributed by atoms with Crippen LogP contribution in [0.25, 0.3) is 0 Å². The highest BCUT2D eigenvalue weighted by atomic mass is 16.4. The van der Waals surface area contributed by atoms with Crippen LogP contribution >= 0.6 is 0 Å². The molecule has 0 saturated carbocycles. The highest BCUT2D eigenvalue weighted by molar-refractivity contribution is 5.73. The lowest BCUT2D eigenvalue weighted by Gasteiger charge is -2.42. The van der Waals surface area contributed by atoms with Crippen molar-refractivity contribution in [1.82, 2.24) is 15.1 Å². The maximum Gasteiger partial charge on any atom is 0.320 e. The molecule has 1 rings (SSSR count). The van der Waals surface area contributed by atoms with Gasteiger partial charge in [-0.25, -0.2) is 0 Å². The summed E-state index contributed by atoms with van der Waals surface area (Å²) in [4.78, 5) is 15.9. The molecule has 1 atom stereocenters. The van der Waals surface area contributed by atoms with E-state index in [4.69, 9.17) is 5.11 Å². The lowest BCUT2D eigenvalue weighted by molar-refractivity contribution is -0.139. The number of likely N-dealkylation sites (N-methyl/N-ethyl adjacent to an activating group) is 1. The van der Waals surface area contributed by atoms with Crippen LogP contribution in [0.2, 0.25) is 0 Å². The zero-order valence-corrected chi connectivity index (χ0v) is 12.8. The quantitative estimate of drug-likeness (QED) is 0.750. The number of rotatable bonds is 6. The molecule has 5 heteroatoms. The Bertz CT molecular complexity index is 281. The van der Waals surface area contributed by atoms with E-state index >= 15 is 0 Å². The topological polar surface area (TPSA) is 55.8 Å². The number of carboxylic acids is 1. The van der Waals surface area contributed by atoms with Crippen molar-refractivity contribution in [1.29, 1.82) is 0 Å². The van der Waals surface area contributed by atoms with Crippen molar-refractivity contribution < 1.29 is 9.90 Å². The van der Waals surface area contributed by atoms with Gasteiger partial charge in [-0.05, 0) is 33.7 Å². The van der Waals surface area contributed by atoms with Crippen molar-refractivity contribution in [2.24, 2.45) is 0 Å². The second kappa shape index (κ2) is 7.22. The van der Waals surface area contributed by atoms with E-state index in [1.165, 1.54) is 0 Å². The van der Waals surface area contributed by atoms with Gasteiger partial charge in [-0.3, -0.25) is 9.69 Å². The SMILES string of the molecule is CCNC(CCN1CCN(C(C)(C)C)CC1)C(=O)O. The van der Waals surface area contributed by atoms with E-state index in [0.29, 0.717) is 13.0 Å². The van der Waals surface area contributed by atoms with Crippen LogP contribution in [0, 0.1) is 0 Å². The minimum atomic E-state index is -0.741. The monoisotopic (exact) mass is 271 g/mol. The molecule has 0 bridgehead atoms. The second-order valence-corrected chi connectivity index (χ2v) is 6.24. The van der Waals surface area contributed by atoms with Gasteiger partial charge < -0.3 is 15.3 Å². The van der Waals surface area contributed by atoms with Crippen molar-refractivity contribution in [2.45, 2.75) is 45.7 Å². The standard InChI is InChI=1S/C14H29N3O2/c1-5-15-12(13(18)19)6-7-16-8-10-17(11-9-16)14(2,3)4/h12,15H,5-11H2,1-4H3,(H,18,19). The van der Waals surface area contributed by atoms with Crippen LogP contribution < -0.4 is 5.32 Å². The molecule has 112 valence electrons. The smallest absolute Gasteiger partial charge is 0.320 e. The predicted molar refractivity (Wildman–Crippen MR) is 77.5 cm³/mol. The average Bonchev–Trinajstić information content (AvgIpc) is 2.33. The zero-order valence-electron chi connectivity index (χ0n) is 12.8. The summed E-state index contributed by atoms with van der Waals surface area (Å²) < 4.78 is 0. The van der Waals surface area contributed by atoms with Gasteiger partial charge in [0.15, 0.2) is 0 Å². The molecule has 0 aromatic heterocycles. The number of piperazine rings is 1. The van der Waals surface area contributed by atoms with Gasteiger partial charge in [-0.15, -0.1) is 0 Å². The summed E-state index contributed by atoms with van der Waals surface area (Å²) in [5.41, 5.74) is 0.236. The normalized spacial score (nSPS) is 20.4. The van der Waals surface area contributed by atoms with E-state index in [2.05, 4.69) is 35.9 Å². The van der Waals surface area contributed by atoms with Crippen molar-refractivity contribution in [2.75, 3.05) is 39.3 Å². The van der Waals surface area contributed by atoms with Crippen LogP contribution in [0.1, 0.15) is 34.1 Å². The van der Waals surface area contributed by atoms with Gasteiger partial charge in [0.05, 0.1) is 0 Å².